The van der Waals surface area contributed by atoms with E-state index >= 15 is 0 Å². The van der Waals surface area contributed by atoms with Crippen LogP contribution in [0.1, 0.15) is 120 Å². The lowest BCUT2D eigenvalue weighted by Crippen LogP contribution is -2.35. The Kier molecular flexibility index (Phi) is 9.67. The quantitative estimate of drug-likeness (QED) is 0.326. The molecule has 7 nitrogen and oxygen atoms in total. The number of hydrogen-bond donors (Lipinski definition) is 4. The Hall–Kier alpha value is -1.86. The fourth-order valence-electron chi connectivity index (χ4n) is 6.19. The van der Waals surface area contributed by atoms with Crippen LogP contribution in [0.5, 0.6) is 0 Å². The van der Waals surface area contributed by atoms with Gasteiger partial charge in [0.15, 0.2) is 0 Å². The van der Waals surface area contributed by atoms with Crippen LogP contribution in [0.4, 0.5) is 0 Å². The molecule has 1 saturated carbocycles. The number of nitrogens with one attached hydrogen (secondary N) is 2. The molecule has 0 aromatic carbocycles. The van der Waals surface area contributed by atoms with Crippen molar-refractivity contribution in [3.63, 3.8) is 0 Å². The predicted octanol–water partition coefficient (Wildman–Crippen LogP) is 4.51. The molecule has 3 aliphatic rings. The third-order valence-electron chi connectivity index (χ3n) is 8.31. The third-order valence-corrected chi connectivity index (χ3v) is 8.31. The number of allylic oxidation sites excluding steroid dienone is 2. The van der Waals surface area contributed by atoms with E-state index in [-0.39, 0.29) is 12.1 Å². The summed E-state index contributed by atoms with van der Waals surface area (Å²) in [5, 5.41) is 6.75. The van der Waals surface area contributed by atoms with E-state index in [4.69, 9.17) is 16.5 Å². The first-order valence-electron chi connectivity index (χ1n) is 14.4. The summed E-state index contributed by atoms with van der Waals surface area (Å²) < 4.78 is 2.57. The number of fused-ring (bicyclic) bond motifs is 2. The molecule has 35 heavy (non-hydrogen) atoms. The third kappa shape index (κ3) is 6.67. The van der Waals surface area contributed by atoms with E-state index in [2.05, 4.69) is 22.1 Å². The molecular weight excluding hydrogens is 436 g/mol. The Morgan fingerprint density at radius 1 is 1.09 bits per heavy atom. The van der Waals surface area contributed by atoms with Crippen LogP contribution in [0.2, 0.25) is 0 Å². The molecule has 1 amide bonds. The first-order valence-corrected chi connectivity index (χ1v) is 14.4. The minimum Gasteiger partial charge on any atom is -0.368 e. The van der Waals surface area contributed by atoms with Crippen molar-refractivity contribution in [3.05, 3.63) is 22.9 Å². The van der Waals surface area contributed by atoms with E-state index in [9.17, 15) is 4.79 Å². The van der Waals surface area contributed by atoms with Gasteiger partial charge in [0.25, 0.3) is 0 Å². The largest absolute Gasteiger partial charge is 0.368 e. The second kappa shape index (κ2) is 12.9. The second-order valence-electron chi connectivity index (χ2n) is 11.1. The van der Waals surface area contributed by atoms with Gasteiger partial charge in [-0.25, -0.2) is 4.98 Å². The Bertz CT molecular complexity index is 867. The minimum atomic E-state index is -0.182. The van der Waals surface area contributed by atoms with Crippen molar-refractivity contribution in [3.8, 4) is 0 Å². The van der Waals surface area contributed by atoms with Crippen LogP contribution in [0.3, 0.4) is 0 Å². The number of imidazole rings is 1. The second-order valence-corrected chi connectivity index (χ2v) is 11.1. The monoisotopic (exact) mass is 484 g/mol. The van der Waals surface area contributed by atoms with Gasteiger partial charge >= 0.3 is 0 Å². The molecule has 1 aliphatic heterocycles. The van der Waals surface area contributed by atoms with Crippen molar-refractivity contribution in [2.45, 2.75) is 116 Å². The summed E-state index contributed by atoms with van der Waals surface area (Å²) in [5.74, 6) is 2.73. The van der Waals surface area contributed by atoms with E-state index < -0.39 is 0 Å². The number of unbranched alkanes of at least 4 members (excludes halogenated alkanes) is 3. The van der Waals surface area contributed by atoms with E-state index in [0.29, 0.717) is 18.3 Å². The number of nitrogens with two attached hydrogens (primary N) is 2. The SMILES string of the molecule is CCCCc1nc2c(n1CC1CCC(CNC(=O)CCCCCN)CC1)C1=C(CCCC1)NC2N. The minimum absolute atomic E-state index is 0.182. The van der Waals surface area contributed by atoms with E-state index in [1.54, 1.807) is 0 Å². The molecule has 1 aromatic rings. The van der Waals surface area contributed by atoms with Crippen molar-refractivity contribution < 1.29 is 4.79 Å². The summed E-state index contributed by atoms with van der Waals surface area (Å²) in [7, 11) is 0. The van der Waals surface area contributed by atoms with Gasteiger partial charge in [0.1, 0.15) is 17.7 Å². The number of hydrogen-bond acceptors (Lipinski definition) is 5. The summed E-state index contributed by atoms with van der Waals surface area (Å²) >= 11 is 0. The molecule has 1 unspecified atom stereocenters. The first kappa shape index (κ1) is 26.2. The predicted molar refractivity (Wildman–Crippen MR) is 142 cm³/mol. The maximum Gasteiger partial charge on any atom is 0.220 e. The van der Waals surface area contributed by atoms with Crippen LogP contribution < -0.4 is 22.1 Å². The van der Waals surface area contributed by atoms with Crippen molar-refractivity contribution in [1.29, 1.82) is 0 Å². The molecule has 1 atom stereocenters. The number of aromatic nitrogens is 2. The average Bonchev–Trinajstić information content (AvgIpc) is 3.24. The Balaban J connectivity index is 1.36. The van der Waals surface area contributed by atoms with Gasteiger partial charge in [-0.05, 0) is 94.6 Å². The number of aryl methyl sites for hydroxylation is 1. The Morgan fingerprint density at radius 3 is 2.63 bits per heavy atom. The van der Waals surface area contributed by atoms with Gasteiger partial charge < -0.3 is 26.7 Å². The van der Waals surface area contributed by atoms with Crippen LogP contribution in [0.15, 0.2) is 5.70 Å². The number of amides is 1. The summed E-state index contributed by atoms with van der Waals surface area (Å²) in [6.07, 6.45) is 16.5. The maximum atomic E-state index is 12.2. The van der Waals surface area contributed by atoms with Gasteiger partial charge in [-0.2, -0.15) is 0 Å². The molecule has 7 heteroatoms. The van der Waals surface area contributed by atoms with Gasteiger partial charge in [0.2, 0.25) is 5.91 Å². The highest BCUT2D eigenvalue weighted by atomic mass is 16.1. The molecule has 6 N–H and O–H groups in total. The lowest BCUT2D eigenvalue weighted by atomic mass is 9.81. The normalized spacial score (nSPS) is 24.0. The number of nitrogens with zero attached hydrogens (tertiary/aromatic N) is 2. The van der Waals surface area contributed by atoms with Crippen LogP contribution >= 0.6 is 0 Å². The fourth-order valence-corrected chi connectivity index (χ4v) is 6.19. The Morgan fingerprint density at radius 2 is 1.86 bits per heavy atom. The van der Waals surface area contributed by atoms with Crippen molar-refractivity contribution >= 4 is 11.5 Å². The summed E-state index contributed by atoms with van der Waals surface area (Å²) in [4.78, 5) is 17.3. The van der Waals surface area contributed by atoms with Gasteiger partial charge in [0, 0.05) is 31.6 Å². The zero-order chi connectivity index (χ0) is 24.6. The van der Waals surface area contributed by atoms with Gasteiger partial charge in [-0.3, -0.25) is 4.79 Å². The molecular formula is C28H48N6O. The molecule has 2 heterocycles. The lowest BCUT2D eigenvalue weighted by Gasteiger charge is -2.33. The molecule has 0 bridgehead atoms. The van der Waals surface area contributed by atoms with Crippen LogP contribution in [0.25, 0.3) is 5.57 Å². The number of carbonyl (C=O) groups excluding carboxylic acids is 1. The van der Waals surface area contributed by atoms with Crippen molar-refractivity contribution in [2.24, 2.45) is 23.3 Å². The molecule has 196 valence electrons. The lowest BCUT2D eigenvalue weighted by molar-refractivity contribution is -0.121. The molecule has 2 aliphatic carbocycles. The number of rotatable bonds is 12. The highest BCUT2D eigenvalue weighted by Gasteiger charge is 2.33. The van der Waals surface area contributed by atoms with Crippen LogP contribution in [-0.2, 0) is 17.8 Å². The molecule has 1 fully saturated rings. The number of carbonyl (C=O) groups is 1. The highest BCUT2D eigenvalue weighted by Crippen LogP contribution is 2.40. The summed E-state index contributed by atoms with van der Waals surface area (Å²) in [5.41, 5.74) is 17.4. The highest BCUT2D eigenvalue weighted by molar-refractivity contribution is 5.75. The van der Waals surface area contributed by atoms with E-state index in [1.807, 2.05) is 0 Å². The molecule has 0 radical (unpaired) electrons. The first-order chi connectivity index (χ1) is 17.1. The topological polar surface area (TPSA) is 111 Å². The van der Waals surface area contributed by atoms with Crippen LogP contribution in [-0.4, -0.2) is 28.5 Å². The summed E-state index contributed by atoms with van der Waals surface area (Å²) in [6.45, 7) is 4.87. The zero-order valence-corrected chi connectivity index (χ0v) is 21.9. The van der Waals surface area contributed by atoms with Gasteiger partial charge in [-0.15, -0.1) is 0 Å². The Labute approximate surface area is 211 Å². The van der Waals surface area contributed by atoms with Crippen molar-refractivity contribution in [1.82, 2.24) is 20.2 Å². The fraction of sp³-hybridized carbons (Fsp3) is 0.786. The van der Waals surface area contributed by atoms with E-state index in [0.717, 1.165) is 63.9 Å². The molecule has 1 aromatic heterocycles. The maximum absolute atomic E-state index is 12.2. The van der Waals surface area contributed by atoms with Gasteiger partial charge in [0.05, 0.1) is 5.69 Å². The molecule has 0 saturated heterocycles. The smallest absolute Gasteiger partial charge is 0.220 e. The molecule has 0 spiro atoms. The summed E-state index contributed by atoms with van der Waals surface area (Å²) in [6, 6.07) is 0. The van der Waals surface area contributed by atoms with Gasteiger partial charge in [-0.1, -0.05) is 19.8 Å². The molecule has 4 rings (SSSR count). The van der Waals surface area contributed by atoms with Crippen LogP contribution in [0, 0.1) is 11.8 Å². The zero-order valence-electron chi connectivity index (χ0n) is 21.9. The van der Waals surface area contributed by atoms with Crippen molar-refractivity contribution in [2.75, 3.05) is 13.1 Å². The van der Waals surface area contributed by atoms with E-state index in [1.165, 1.54) is 74.2 Å². The standard InChI is InChI=1S/C28H48N6O/c1-2-3-11-24-33-26-27(22-9-6-7-10-23(22)32-28(26)30)34(24)19-21-15-13-20(14-16-21)18-31-25(35)12-5-4-8-17-29/h20-21,28,32H,2-19,29-30H2,1H3,(H,31,35). The average molecular weight is 485 g/mol.